The lowest BCUT2D eigenvalue weighted by Crippen LogP contribution is -2.47. The van der Waals surface area contributed by atoms with E-state index in [2.05, 4.69) is 70.5 Å². The summed E-state index contributed by atoms with van der Waals surface area (Å²) in [4.78, 5) is 4.96. The second-order valence-corrected chi connectivity index (χ2v) is 8.39. The summed E-state index contributed by atoms with van der Waals surface area (Å²) in [6, 6.07) is 25.0. The summed E-state index contributed by atoms with van der Waals surface area (Å²) in [5, 5.41) is 0. The van der Waals surface area contributed by atoms with Crippen LogP contribution in [0.25, 0.3) is 0 Å². The summed E-state index contributed by atoms with van der Waals surface area (Å²) in [6.45, 7) is 6.67. The van der Waals surface area contributed by atoms with E-state index in [1.54, 1.807) is 14.2 Å². The van der Waals surface area contributed by atoms with E-state index in [0.717, 1.165) is 62.9 Å². The van der Waals surface area contributed by atoms with Crippen LogP contribution in [0.4, 0.5) is 0 Å². The molecule has 0 spiro atoms. The number of ether oxygens (including phenoxy) is 3. The first-order chi connectivity index (χ1) is 16.3. The van der Waals surface area contributed by atoms with Crippen LogP contribution in [-0.4, -0.2) is 63.4 Å². The highest BCUT2D eigenvalue weighted by Crippen LogP contribution is 2.31. The molecular weight excluding hydrogens is 412 g/mol. The maximum atomic E-state index is 6.20. The van der Waals surface area contributed by atoms with Crippen molar-refractivity contribution in [3.63, 3.8) is 0 Å². The number of rotatable bonds is 10. The fourth-order valence-corrected chi connectivity index (χ4v) is 4.38. The van der Waals surface area contributed by atoms with E-state index in [1.165, 1.54) is 16.7 Å². The monoisotopic (exact) mass is 446 g/mol. The number of piperazine rings is 1. The molecule has 1 fully saturated rings. The molecule has 33 heavy (non-hydrogen) atoms. The Kier molecular flexibility index (Phi) is 8.23. The topological polar surface area (TPSA) is 34.2 Å². The highest BCUT2D eigenvalue weighted by Gasteiger charge is 2.19. The van der Waals surface area contributed by atoms with Crippen LogP contribution in [0.5, 0.6) is 17.2 Å². The van der Waals surface area contributed by atoms with Crippen LogP contribution in [0, 0.1) is 0 Å². The first-order valence-corrected chi connectivity index (χ1v) is 11.7. The van der Waals surface area contributed by atoms with Crippen molar-refractivity contribution < 1.29 is 14.2 Å². The fourth-order valence-electron chi connectivity index (χ4n) is 4.38. The summed E-state index contributed by atoms with van der Waals surface area (Å²) < 4.78 is 17.2. The van der Waals surface area contributed by atoms with Crippen LogP contribution in [-0.2, 0) is 13.0 Å². The van der Waals surface area contributed by atoms with Crippen LogP contribution < -0.4 is 14.2 Å². The molecule has 5 nitrogen and oxygen atoms in total. The van der Waals surface area contributed by atoms with E-state index in [0.29, 0.717) is 6.61 Å². The summed E-state index contributed by atoms with van der Waals surface area (Å²) in [7, 11) is 3.39. The third-order valence-corrected chi connectivity index (χ3v) is 6.22. The quantitative estimate of drug-likeness (QED) is 0.458. The Hall–Kier alpha value is -3.02. The third-order valence-electron chi connectivity index (χ3n) is 6.22. The predicted molar refractivity (Wildman–Crippen MR) is 132 cm³/mol. The maximum absolute atomic E-state index is 6.20. The summed E-state index contributed by atoms with van der Waals surface area (Å²) in [5.74, 6) is 2.62. The maximum Gasteiger partial charge on any atom is 0.165 e. The number of benzene rings is 3. The lowest BCUT2D eigenvalue weighted by Gasteiger charge is -2.34. The normalized spacial score (nSPS) is 14.7. The average Bonchev–Trinajstić information content (AvgIpc) is 2.86. The average molecular weight is 447 g/mol. The van der Waals surface area contributed by atoms with Crippen molar-refractivity contribution in [3.05, 3.63) is 89.5 Å². The van der Waals surface area contributed by atoms with Crippen molar-refractivity contribution in [2.75, 3.05) is 53.6 Å². The summed E-state index contributed by atoms with van der Waals surface area (Å²) >= 11 is 0. The van der Waals surface area contributed by atoms with Gasteiger partial charge in [-0.25, -0.2) is 0 Å². The molecular formula is C28H34N2O3. The fraction of sp³-hybridized carbons (Fsp3) is 0.357. The first kappa shape index (κ1) is 23.1. The molecule has 5 heteroatoms. The van der Waals surface area contributed by atoms with E-state index in [1.807, 2.05) is 12.1 Å². The molecule has 0 aliphatic carbocycles. The van der Waals surface area contributed by atoms with E-state index in [-0.39, 0.29) is 0 Å². The molecule has 0 amide bonds. The highest BCUT2D eigenvalue weighted by atomic mass is 16.5. The zero-order chi connectivity index (χ0) is 22.9. The van der Waals surface area contributed by atoms with Gasteiger partial charge in [0.15, 0.2) is 11.5 Å². The van der Waals surface area contributed by atoms with Gasteiger partial charge in [-0.1, -0.05) is 60.7 Å². The van der Waals surface area contributed by atoms with Crippen molar-refractivity contribution in [2.24, 2.45) is 0 Å². The standard InChI is InChI=1S/C28H34N2O3/c1-31-27-14-8-12-25(28(27)32-2)22-30-17-15-29(16-18-30)19-20-33-26-13-7-6-11-24(26)21-23-9-4-3-5-10-23/h3-14H,15-22H2,1-2H3. The molecule has 1 saturated heterocycles. The van der Waals surface area contributed by atoms with Gasteiger partial charge in [0.05, 0.1) is 14.2 Å². The van der Waals surface area contributed by atoms with Gasteiger partial charge in [-0.05, 0) is 23.3 Å². The van der Waals surface area contributed by atoms with Crippen LogP contribution in [0.15, 0.2) is 72.8 Å². The van der Waals surface area contributed by atoms with Crippen molar-refractivity contribution >= 4 is 0 Å². The minimum Gasteiger partial charge on any atom is -0.493 e. The largest absolute Gasteiger partial charge is 0.493 e. The Bertz CT molecular complexity index is 1000. The van der Waals surface area contributed by atoms with Gasteiger partial charge >= 0.3 is 0 Å². The second kappa shape index (κ2) is 11.7. The molecule has 0 atom stereocenters. The number of nitrogens with zero attached hydrogens (tertiary/aromatic N) is 2. The predicted octanol–water partition coefficient (Wildman–Crippen LogP) is 4.49. The van der Waals surface area contributed by atoms with Gasteiger partial charge in [0.25, 0.3) is 0 Å². The molecule has 3 aromatic carbocycles. The molecule has 0 unspecified atom stereocenters. The van der Waals surface area contributed by atoms with E-state index in [4.69, 9.17) is 14.2 Å². The SMILES string of the molecule is COc1cccc(CN2CCN(CCOc3ccccc3Cc3ccccc3)CC2)c1OC. The Morgan fingerprint density at radius 3 is 2.09 bits per heavy atom. The van der Waals surface area contributed by atoms with Gasteiger partial charge in [0.1, 0.15) is 12.4 Å². The van der Waals surface area contributed by atoms with Crippen LogP contribution in [0.1, 0.15) is 16.7 Å². The molecule has 4 rings (SSSR count). The molecule has 0 aromatic heterocycles. The number of methoxy groups -OCH3 is 2. The minimum atomic E-state index is 0.704. The van der Waals surface area contributed by atoms with Crippen molar-refractivity contribution in [3.8, 4) is 17.2 Å². The van der Waals surface area contributed by atoms with E-state index < -0.39 is 0 Å². The Morgan fingerprint density at radius 2 is 1.33 bits per heavy atom. The molecule has 0 N–H and O–H groups in total. The molecule has 0 bridgehead atoms. The smallest absolute Gasteiger partial charge is 0.165 e. The van der Waals surface area contributed by atoms with Gasteiger partial charge in [0.2, 0.25) is 0 Å². The Labute approximate surface area is 197 Å². The van der Waals surface area contributed by atoms with Gasteiger partial charge < -0.3 is 14.2 Å². The zero-order valence-electron chi connectivity index (χ0n) is 19.7. The van der Waals surface area contributed by atoms with Crippen LogP contribution >= 0.6 is 0 Å². The minimum absolute atomic E-state index is 0.704. The van der Waals surface area contributed by atoms with E-state index >= 15 is 0 Å². The molecule has 1 aliphatic rings. The second-order valence-electron chi connectivity index (χ2n) is 8.39. The summed E-state index contributed by atoms with van der Waals surface area (Å²) in [6.07, 6.45) is 0.892. The number of hydrogen-bond donors (Lipinski definition) is 0. The Balaban J connectivity index is 1.24. The number of hydrogen-bond acceptors (Lipinski definition) is 5. The molecule has 1 aliphatic heterocycles. The number of para-hydroxylation sites is 2. The van der Waals surface area contributed by atoms with E-state index in [9.17, 15) is 0 Å². The van der Waals surface area contributed by atoms with Crippen molar-refractivity contribution in [1.29, 1.82) is 0 Å². The molecule has 174 valence electrons. The molecule has 3 aromatic rings. The highest BCUT2D eigenvalue weighted by molar-refractivity contribution is 5.46. The molecule has 0 radical (unpaired) electrons. The lowest BCUT2D eigenvalue weighted by molar-refractivity contribution is 0.111. The molecule has 1 heterocycles. The van der Waals surface area contributed by atoms with Gasteiger partial charge in [0, 0.05) is 51.3 Å². The Morgan fingerprint density at radius 1 is 0.667 bits per heavy atom. The molecule has 0 saturated carbocycles. The first-order valence-electron chi connectivity index (χ1n) is 11.7. The van der Waals surface area contributed by atoms with Crippen LogP contribution in [0.2, 0.25) is 0 Å². The van der Waals surface area contributed by atoms with Gasteiger partial charge in [-0.2, -0.15) is 0 Å². The zero-order valence-corrected chi connectivity index (χ0v) is 19.7. The van der Waals surface area contributed by atoms with Gasteiger partial charge in [-0.3, -0.25) is 9.80 Å². The van der Waals surface area contributed by atoms with Crippen molar-refractivity contribution in [2.45, 2.75) is 13.0 Å². The van der Waals surface area contributed by atoms with Crippen molar-refractivity contribution in [1.82, 2.24) is 9.80 Å². The third kappa shape index (κ3) is 6.28. The van der Waals surface area contributed by atoms with Crippen LogP contribution in [0.3, 0.4) is 0 Å². The summed E-state index contributed by atoms with van der Waals surface area (Å²) in [5.41, 5.74) is 3.71. The van der Waals surface area contributed by atoms with Gasteiger partial charge in [-0.15, -0.1) is 0 Å². The lowest BCUT2D eigenvalue weighted by atomic mass is 10.0.